The van der Waals surface area contributed by atoms with Gasteiger partial charge in [-0.3, -0.25) is 9.78 Å². The molecule has 0 aromatic carbocycles. The van der Waals surface area contributed by atoms with Crippen LogP contribution < -0.4 is 5.73 Å². The van der Waals surface area contributed by atoms with Gasteiger partial charge >= 0.3 is 6.18 Å². The Balaban J connectivity index is 3.54. The summed E-state index contributed by atoms with van der Waals surface area (Å²) in [5, 5.41) is 0. The molecule has 0 fully saturated rings. The van der Waals surface area contributed by atoms with E-state index in [0.717, 1.165) is 0 Å². The Morgan fingerprint density at radius 2 is 2.00 bits per heavy atom. The molecule has 1 heterocycles. The van der Waals surface area contributed by atoms with Gasteiger partial charge in [-0.2, -0.15) is 13.2 Å². The van der Waals surface area contributed by atoms with Crippen molar-refractivity contribution in [2.75, 3.05) is 0 Å². The minimum atomic E-state index is -4.84. The van der Waals surface area contributed by atoms with Crippen molar-refractivity contribution >= 4 is 6.29 Å². The molecule has 1 rings (SSSR count). The van der Waals surface area contributed by atoms with Crippen molar-refractivity contribution < 1.29 is 26.7 Å². The number of hydrogen-bond donors (Lipinski definition) is 1. The standard InChI is InChI=1S/C9H7F5N2O/c10-8(11)7-4(1-15)5(3-17)6(2-16-7)9(12,13)14/h2-3,8H,1,15H2. The maximum absolute atomic E-state index is 12.5. The summed E-state index contributed by atoms with van der Waals surface area (Å²) >= 11 is 0. The molecule has 1 aromatic rings. The van der Waals surface area contributed by atoms with Crippen LogP contribution in [0.2, 0.25) is 0 Å². The zero-order chi connectivity index (χ0) is 13.2. The van der Waals surface area contributed by atoms with Crippen molar-refractivity contribution in [1.82, 2.24) is 4.98 Å². The number of pyridine rings is 1. The van der Waals surface area contributed by atoms with Crippen LogP contribution in [0.3, 0.4) is 0 Å². The van der Waals surface area contributed by atoms with E-state index in [1.54, 1.807) is 0 Å². The Morgan fingerprint density at radius 1 is 1.41 bits per heavy atom. The van der Waals surface area contributed by atoms with E-state index in [-0.39, 0.29) is 12.5 Å². The van der Waals surface area contributed by atoms with Crippen molar-refractivity contribution in [3.8, 4) is 0 Å². The molecule has 17 heavy (non-hydrogen) atoms. The number of halogens is 5. The summed E-state index contributed by atoms with van der Waals surface area (Å²) in [5.41, 5.74) is 1.35. The number of carbonyl (C=O) groups is 1. The summed E-state index contributed by atoms with van der Waals surface area (Å²) in [5.74, 6) is 0. The molecule has 1 aromatic heterocycles. The van der Waals surface area contributed by atoms with E-state index >= 15 is 0 Å². The van der Waals surface area contributed by atoms with Crippen LogP contribution >= 0.6 is 0 Å². The van der Waals surface area contributed by atoms with E-state index in [2.05, 4.69) is 4.98 Å². The third-order valence-corrected chi connectivity index (χ3v) is 2.09. The lowest BCUT2D eigenvalue weighted by atomic mass is 10.0. The minimum Gasteiger partial charge on any atom is -0.326 e. The molecular formula is C9H7F5N2O. The van der Waals surface area contributed by atoms with Gasteiger partial charge < -0.3 is 5.73 Å². The summed E-state index contributed by atoms with van der Waals surface area (Å²) < 4.78 is 62.3. The summed E-state index contributed by atoms with van der Waals surface area (Å²) in [7, 11) is 0. The van der Waals surface area contributed by atoms with Gasteiger partial charge in [0, 0.05) is 23.9 Å². The molecule has 0 spiro atoms. The third-order valence-electron chi connectivity index (χ3n) is 2.09. The lowest BCUT2D eigenvalue weighted by Gasteiger charge is -2.14. The van der Waals surface area contributed by atoms with Crippen LogP contribution in [0.15, 0.2) is 6.20 Å². The molecule has 8 heteroatoms. The van der Waals surface area contributed by atoms with Crippen molar-refractivity contribution in [2.45, 2.75) is 19.1 Å². The molecule has 2 N–H and O–H groups in total. The van der Waals surface area contributed by atoms with Gasteiger partial charge in [-0.15, -0.1) is 0 Å². The Hall–Kier alpha value is -1.57. The molecular weight excluding hydrogens is 247 g/mol. The summed E-state index contributed by atoms with van der Waals surface area (Å²) in [6, 6.07) is 0. The first kappa shape index (κ1) is 13.5. The smallest absolute Gasteiger partial charge is 0.326 e. The van der Waals surface area contributed by atoms with Gasteiger partial charge in [-0.25, -0.2) is 8.78 Å². The molecule has 0 unspecified atom stereocenters. The third kappa shape index (κ3) is 2.57. The van der Waals surface area contributed by atoms with Gasteiger partial charge in [0.2, 0.25) is 0 Å². The number of aromatic nitrogens is 1. The average molecular weight is 254 g/mol. The molecule has 0 bridgehead atoms. The largest absolute Gasteiger partial charge is 0.418 e. The van der Waals surface area contributed by atoms with Crippen molar-refractivity contribution in [3.63, 3.8) is 0 Å². The van der Waals surface area contributed by atoms with Crippen LogP contribution in [0.4, 0.5) is 22.0 Å². The van der Waals surface area contributed by atoms with Crippen molar-refractivity contribution in [2.24, 2.45) is 5.73 Å². The van der Waals surface area contributed by atoms with Gasteiger partial charge in [0.1, 0.15) is 5.69 Å². The first-order valence-corrected chi connectivity index (χ1v) is 4.35. The predicted molar refractivity (Wildman–Crippen MR) is 47.5 cm³/mol. The summed E-state index contributed by atoms with van der Waals surface area (Å²) in [6.07, 6.45) is -7.86. The highest BCUT2D eigenvalue weighted by Gasteiger charge is 2.36. The first-order valence-electron chi connectivity index (χ1n) is 4.35. The van der Waals surface area contributed by atoms with Gasteiger partial charge in [0.25, 0.3) is 6.43 Å². The Labute approximate surface area is 92.4 Å². The number of aldehydes is 1. The predicted octanol–water partition coefficient (Wildman–Crippen LogP) is 2.31. The van der Waals surface area contributed by atoms with E-state index in [0.29, 0.717) is 0 Å². The van der Waals surface area contributed by atoms with Gasteiger partial charge in [0.15, 0.2) is 6.29 Å². The molecule has 0 aliphatic heterocycles. The van der Waals surface area contributed by atoms with Gasteiger partial charge in [-0.05, 0) is 0 Å². The summed E-state index contributed by atoms with van der Waals surface area (Å²) in [4.78, 5) is 13.6. The molecule has 0 saturated carbocycles. The van der Waals surface area contributed by atoms with Crippen LogP contribution in [0.1, 0.15) is 33.6 Å². The zero-order valence-electron chi connectivity index (χ0n) is 8.26. The average Bonchev–Trinajstić information content (AvgIpc) is 2.25. The Kier molecular flexibility index (Phi) is 3.76. The maximum Gasteiger partial charge on any atom is 0.418 e. The van der Waals surface area contributed by atoms with E-state index in [9.17, 15) is 26.7 Å². The topological polar surface area (TPSA) is 56.0 Å². The van der Waals surface area contributed by atoms with E-state index in [4.69, 9.17) is 5.73 Å². The second-order valence-corrected chi connectivity index (χ2v) is 3.07. The van der Waals surface area contributed by atoms with Crippen LogP contribution in [0.5, 0.6) is 0 Å². The van der Waals surface area contributed by atoms with Crippen LogP contribution in [0, 0.1) is 0 Å². The minimum absolute atomic E-state index is 0.140. The fourth-order valence-corrected chi connectivity index (χ4v) is 1.35. The monoisotopic (exact) mass is 254 g/mol. The van der Waals surface area contributed by atoms with E-state index < -0.39 is 41.5 Å². The second kappa shape index (κ2) is 4.74. The zero-order valence-corrected chi connectivity index (χ0v) is 8.26. The van der Waals surface area contributed by atoms with Crippen LogP contribution in [-0.4, -0.2) is 11.3 Å². The van der Waals surface area contributed by atoms with E-state index in [1.807, 2.05) is 0 Å². The number of nitrogens with zero attached hydrogens (tertiary/aromatic N) is 1. The molecule has 0 aliphatic rings. The molecule has 94 valence electrons. The fourth-order valence-electron chi connectivity index (χ4n) is 1.35. The van der Waals surface area contributed by atoms with Crippen LogP contribution in [0.25, 0.3) is 0 Å². The number of nitrogens with two attached hydrogens (primary N) is 1. The van der Waals surface area contributed by atoms with Crippen LogP contribution in [-0.2, 0) is 12.7 Å². The van der Waals surface area contributed by atoms with E-state index in [1.165, 1.54) is 0 Å². The Bertz CT molecular complexity index is 430. The number of alkyl halides is 5. The summed E-state index contributed by atoms with van der Waals surface area (Å²) in [6.45, 7) is -0.620. The normalized spacial score (nSPS) is 11.9. The second-order valence-electron chi connectivity index (χ2n) is 3.07. The molecule has 3 nitrogen and oxygen atoms in total. The molecule has 0 saturated heterocycles. The van der Waals surface area contributed by atoms with Crippen molar-refractivity contribution in [3.05, 3.63) is 28.6 Å². The fraction of sp³-hybridized carbons (Fsp3) is 0.333. The van der Waals surface area contributed by atoms with Gasteiger partial charge in [0.05, 0.1) is 5.56 Å². The Morgan fingerprint density at radius 3 is 2.35 bits per heavy atom. The number of rotatable bonds is 3. The molecule has 0 aliphatic carbocycles. The lowest BCUT2D eigenvalue weighted by molar-refractivity contribution is -0.138. The quantitative estimate of drug-likeness (QED) is 0.665. The molecule has 0 atom stereocenters. The molecule has 0 radical (unpaired) electrons. The lowest BCUT2D eigenvalue weighted by Crippen LogP contribution is -2.16. The van der Waals surface area contributed by atoms with Crippen molar-refractivity contribution in [1.29, 1.82) is 0 Å². The van der Waals surface area contributed by atoms with Gasteiger partial charge in [-0.1, -0.05) is 0 Å². The SMILES string of the molecule is NCc1c(C(F)F)ncc(C(F)(F)F)c1C=O. The highest BCUT2D eigenvalue weighted by Crippen LogP contribution is 2.34. The first-order chi connectivity index (χ1) is 7.82. The maximum atomic E-state index is 12.5. The highest BCUT2D eigenvalue weighted by atomic mass is 19.4. The molecule has 0 amide bonds. The number of carbonyl (C=O) groups excluding carboxylic acids is 1. The highest BCUT2D eigenvalue weighted by molar-refractivity contribution is 5.80. The number of hydrogen-bond acceptors (Lipinski definition) is 3.